The van der Waals surface area contributed by atoms with Crippen molar-refractivity contribution in [3.05, 3.63) is 23.8 Å². The van der Waals surface area contributed by atoms with Crippen molar-refractivity contribution in [3.63, 3.8) is 0 Å². The third-order valence-corrected chi connectivity index (χ3v) is 2.86. The van der Waals surface area contributed by atoms with Gasteiger partial charge in [0.1, 0.15) is 0 Å². The zero-order valence-corrected chi connectivity index (χ0v) is 12.6. The molecule has 114 valence electrons. The lowest BCUT2D eigenvalue weighted by atomic mass is 10.2. The van der Waals surface area contributed by atoms with Gasteiger partial charge in [-0.1, -0.05) is 19.4 Å². The Morgan fingerprint density at radius 1 is 1.15 bits per heavy atom. The van der Waals surface area contributed by atoms with E-state index in [9.17, 15) is 0 Å². The van der Waals surface area contributed by atoms with E-state index in [2.05, 4.69) is 6.92 Å². The highest BCUT2D eigenvalue weighted by Gasteiger charge is 2.19. The highest BCUT2D eigenvalue weighted by Crippen LogP contribution is 2.32. The quantitative estimate of drug-likeness (QED) is 0.899. The van der Waals surface area contributed by atoms with Gasteiger partial charge in [0, 0.05) is 5.56 Å². The van der Waals surface area contributed by atoms with Crippen molar-refractivity contribution in [2.75, 3.05) is 34.0 Å². The molecule has 0 atom stereocenters. The molecule has 0 bridgehead atoms. The van der Waals surface area contributed by atoms with Gasteiger partial charge < -0.3 is 24.7 Å². The molecule has 0 radical (unpaired) electrons. The molecule has 20 heavy (non-hydrogen) atoms. The first-order chi connectivity index (χ1) is 9.76. The second-order valence-corrected chi connectivity index (χ2v) is 4.33. The van der Waals surface area contributed by atoms with Crippen molar-refractivity contribution in [1.82, 2.24) is 0 Å². The minimum absolute atomic E-state index is 0.273. The maximum absolute atomic E-state index is 5.39. The van der Waals surface area contributed by atoms with E-state index in [4.69, 9.17) is 24.7 Å². The first-order valence-electron chi connectivity index (χ1n) is 6.92. The third-order valence-electron chi connectivity index (χ3n) is 2.86. The maximum atomic E-state index is 5.39. The monoisotopic (exact) mass is 283 g/mol. The number of nitrogens with two attached hydrogens (primary N) is 1. The van der Waals surface area contributed by atoms with E-state index in [1.807, 2.05) is 18.2 Å². The van der Waals surface area contributed by atoms with Crippen molar-refractivity contribution in [2.45, 2.75) is 26.1 Å². The van der Waals surface area contributed by atoms with E-state index in [-0.39, 0.29) is 6.29 Å². The van der Waals surface area contributed by atoms with Crippen LogP contribution in [0.4, 0.5) is 0 Å². The summed E-state index contributed by atoms with van der Waals surface area (Å²) in [5, 5.41) is 0. The summed E-state index contributed by atoms with van der Waals surface area (Å²) in [6, 6.07) is 5.63. The molecule has 1 aromatic carbocycles. The molecule has 5 heteroatoms. The van der Waals surface area contributed by atoms with Crippen molar-refractivity contribution < 1.29 is 18.9 Å². The molecule has 2 rings (SSSR count). The molecule has 5 nitrogen and oxygen atoms in total. The fourth-order valence-corrected chi connectivity index (χ4v) is 1.75. The molecule has 1 aromatic rings. The van der Waals surface area contributed by atoms with E-state index in [1.165, 1.54) is 12.8 Å². The van der Waals surface area contributed by atoms with Crippen molar-refractivity contribution >= 4 is 0 Å². The van der Waals surface area contributed by atoms with E-state index in [0.29, 0.717) is 24.7 Å². The van der Waals surface area contributed by atoms with Gasteiger partial charge in [0.2, 0.25) is 0 Å². The molecule has 1 aliphatic heterocycles. The lowest BCUT2D eigenvalue weighted by Crippen LogP contribution is -1.99. The van der Waals surface area contributed by atoms with E-state index >= 15 is 0 Å². The smallest absolute Gasteiger partial charge is 0.184 e. The number of rotatable bonds is 5. The summed E-state index contributed by atoms with van der Waals surface area (Å²) in [6.07, 6.45) is 2.11. The molecule has 1 aliphatic rings. The van der Waals surface area contributed by atoms with Crippen LogP contribution in [0.3, 0.4) is 0 Å². The molecular formula is C15H25NO4. The fraction of sp³-hybridized carbons (Fsp3) is 0.600. The number of benzene rings is 1. The first-order valence-corrected chi connectivity index (χ1v) is 6.92. The van der Waals surface area contributed by atoms with Crippen molar-refractivity contribution in [1.29, 1.82) is 0 Å². The van der Waals surface area contributed by atoms with E-state index in [1.54, 1.807) is 14.2 Å². The van der Waals surface area contributed by atoms with Gasteiger partial charge in [0.25, 0.3) is 0 Å². The van der Waals surface area contributed by atoms with E-state index in [0.717, 1.165) is 12.1 Å². The molecule has 2 N–H and O–H groups in total. The summed E-state index contributed by atoms with van der Waals surface area (Å²) in [5.41, 5.74) is 6.09. The number of methoxy groups -OCH3 is 2. The molecule has 1 heterocycles. The van der Waals surface area contributed by atoms with Gasteiger partial charge in [-0.2, -0.15) is 0 Å². The molecule has 1 fully saturated rings. The second-order valence-electron chi connectivity index (χ2n) is 4.33. The van der Waals surface area contributed by atoms with Gasteiger partial charge in [-0.05, 0) is 25.1 Å². The van der Waals surface area contributed by atoms with Crippen LogP contribution in [0.5, 0.6) is 11.5 Å². The van der Waals surface area contributed by atoms with Crippen LogP contribution in [-0.4, -0.2) is 34.0 Å². The fourth-order valence-electron chi connectivity index (χ4n) is 1.75. The van der Waals surface area contributed by atoms with Gasteiger partial charge in [-0.25, -0.2) is 0 Å². The lowest BCUT2D eigenvalue weighted by Gasteiger charge is -2.12. The number of hydrogen-bond donors (Lipinski definition) is 1. The van der Waals surface area contributed by atoms with Crippen molar-refractivity contribution in [3.8, 4) is 11.5 Å². The van der Waals surface area contributed by atoms with Crippen molar-refractivity contribution in [2.24, 2.45) is 5.73 Å². The summed E-state index contributed by atoms with van der Waals surface area (Å²) >= 11 is 0. The summed E-state index contributed by atoms with van der Waals surface area (Å²) in [5.74, 6) is 1.40. The van der Waals surface area contributed by atoms with Crippen LogP contribution in [0.25, 0.3) is 0 Å². The predicted octanol–water partition coefficient (Wildman–Crippen LogP) is 2.49. The molecule has 0 unspecified atom stereocenters. The largest absolute Gasteiger partial charge is 0.493 e. The molecule has 0 amide bonds. The van der Waals surface area contributed by atoms with Crippen LogP contribution in [0.2, 0.25) is 0 Å². The highest BCUT2D eigenvalue weighted by molar-refractivity contribution is 5.43. The van der Waals surface area contributed by atoms with E-state index < -0.39 is 0 Å². The van der Waals surface area contributed by atoms with Gasteiger partial charge >= 0.3 is 0 Å². The van der Waals surface area contributed by atoms with Crippen LogP contribution in [-0.2, 0) is 9.47 Å². The highest BCUT2D eigenvalue weighted by atomic mass is 16.7. The molecular weight excluding hydrogens is 258 g/mol. The van der Waals surface area contributed by atoms with Gasteiger partial charge in [0.05, 0.1) is 27.4 Å². The van der Waals surface area contributed by atoms with Gasteiger partial charge in [-0.3, -0.25) is 0 Å². The Labute approximate surface area is 121 Å². The average Bonchev–Trinajstić information content (AvgIpc) is 3.02. The summed E-state index contributed by atoms with van der Waals surface area (Å²) in [6.45, 7) is 4.25. The molecule has 0 aromatic heterocycles. The SMILES string of the molecule is CCCCN.COc1ccc(C2OCCO2)cc1OC. The average molecular weight is 283 g/mol. The number of hydrogen-bond acceptors (Lipinski definition) is 5. The minimum atomic E-state index is -0.273. The zero-order chi connectivity index (χ0) is 14.8. The molecule has 1 saturated heterocycles. The Balaban J connectivity index is 0.000000347. The molecule has 0 saturated carbocycles. The lowest BCUT2D eigenvalue weighted by molar-refractivity contribution is -0.0442. The summed E-state index contributed by atoms with van der Waals surface area (Å²) < 4.78 is 21.1. The molecule has 0 spiro atoms. The van der Waals surface area contributed by atoms with Crippen LogP contribution < -0.4 is 15.2 Å². The van der Waals surface area contributed by atoms with Crippen LogP contribution >= 0.6 is 0 Å². The van der Waals surface area contributed by atoms with Crippen LogP contribution in [0.1, 0.15) is 31.6 Å². The first kappa shape index (κ1) is 16.8. The Kier molecular flexibility index (Phi) is 8.02. The Morgan fingerprint density at radius 2 is 1.80 bits per heavy atom. The zero-order valence-electron chi connectivity index (χ0n) is 12.6. The minimum Gasteiger partial charge on any atom is -0.493 e. The number of unbranched alkanes of at least 4 members (excludes halogenated alkanes) is 1. The normalized spacial score (nSPS) is 14.6. The maximum Gasteiger partial charge on any atom is 0.184 e. The Bertz CT molecular complexity index is 376. The standard InChI is InChI=1S/C11H14O4.C4H11N/c1-12-9-4-3-8(7-10(9)13-2)11-14-5-6-15-11;1-2-3-4-5/h3-4,7,11H,5-6H2,1-2H3;2-5H2,1H3. The molecule has 0 aliphatic carbocycles. The van der Waals surface area contributed by atoms with Gasteiger partial charge in [0.15, 0.2) is 17.8 Å². The van der Waals surface area contributed by atoms with Crippen LogP contribution in [0.15, 0.2) is 18.2 Å². The van der Waals surface area contributed by atoms with Gasteiger partial charge in [-0.15, -0.1) is 0 Å². The Hall–Kier alpha value is -1.30. The van der Waals surface area contributed by atoms with Crippen LogP contribution in [0, 0.1) is 0 Å². The predicted molar refractivity (Wildman–Crippen MR) is 78.2 cm³/mol. The topological polar surface area (TPSA) is 62.9 Å². The Morgan fingerprint density at radius 3 is 2.25 bits per heavy atom. The second kappa shape index (κ2) is 9.58. The third kappa shape index (κ3) is 5.00. The summed E-state index contributed by atoms with van der Waals surface area (Å²) in [7, 11) is 3.22. The summed E-state index contributed by atoms with van der Waals surface area (Å²) in [4.78, 5) is 0. The number of ether oxygens (including phenoxy) is 4.